The first-order chi connectivity index (χ1) is 9.17. The highest BCUT2D eigenvalue weighted by atomic mass is 19.1. The number of ether oxygens (including phenoxy) is 1. The number of benzene rings is 1. The summed E-state index contributed by atoms with van der Waals surface area (Å²) in [6.45, 7) is 0.717. The number of aromatic nitrogens is 2. The summed E-state index contributed by atoms with van der Waals surface area (Å²) in [5.74, 6) is 0.0845. The summed E-state index contributed by atoms with van der Waals surface area (Å²) >= 11 is 0. The summed E-state index contributed by atoms with van der Waals surface area (Å²) in [6, 6.07) is 7.48. The van der Waals surface area contributed by atoms with Crippen molar-refractivity contribution in [3.8, 4) is 0 Å². The lowest BCUT2D eigenvalue weighted by Gasteiger charge is -2.07. The van der Waals surface area contributed by atoms with Gasteiger partial charge in [-0.2, -0.15) is 0 Å². The molecule has 0 saturated heterocycles. The van der Waals surface area contributed by atoms with E-state index in [2.05, 4.69) is 15.3 Å². The fraction of sp³-hybridized carbons (Fsp3) is 0.231. The van der Waals surface area contributed by atoms with Crippen molar-refractivity contribution in [2.45, 2.75) is 13.2 Å². The van der Waals surface area contributed by atoms with Crippen LogP contribution in [0.15, 0.2) is 35.1 Å². The average Bonchev–Trinajstić information content (AvgIpc) is 2.38. The summed E-state index contributed by atoms with van der Waals surface area (Å²) in [6.07, 6.45) is 0. The van der Waals surface area contributed by atoms with Gasteiger partial charge >= 0.3 is 0 Å². The molecule has 5 nitrogen and oxygen atoms in total. The number of anilines is 1. The molecule has 0 fully saturated rings. The number of hydrogen-bond acceptors (Lipinski definition) is 4. The molecular weight excluding hydrogens is 249 g/mol. The number of rotatable bonds is 5. The van der Waals surface area contributed by atoms with Gasteiger partial charge in [-0.15, -0.1) is 0 Å². The topological polar surface area (TPSA) is 67.0 Å². The molecule has 0 unspecified atom stereocenters. The minimum absolute atomic E-state index is 0.247. The summed E-state index contributed by atoms with van der Waals surface area (Å²) in [4.78, 5) is 18.2. The molecular formula is C13H14FN3O2. The second kappa shape index (κ2) is 6.10. The van der Waals surface area contributed by atoms with Gasteiger partial charge < -0.3 is 10.1 Å². The quantitative estimate of drug-likeness (QED) is 0.861. The Labute approximate surface area is 109 Å². The second-order valence-electron chi connectivity index (χ2n) is 4.00. The van der Waals surface area contributed by atoms with Gasteiger partial charge in [-0.25, -0.2) is 9.37 Å². The van der Waals surface area contributed by atoms with Crippen LogP contribution >= 0.6 is 0 Å². The van der Waals surface area contributed by atoms with Gasteiger partial charge in [0.05, 0.1) is 12.3 Å². The lowest BCUT2D eigenvalue weighted by atomic mass is 10.2. The molecule has 1 heterocycles. The molecule has 6 heteroatoms. The fourth-order valence-corrected chi connectivity index (χ4v) is 1.60. The standard InChI is InChI=1S/C13H14FN3O2/c1-19-8-11-6-12(18)17-13(16-11)15-7-9-2-4-10(14)5-3-9/h2-6H,7-8H2,1H3,(H2,15,16,17,18). The van der Waals surface area contributed by atoms with Crippen molar-refractivity contribution >= 4 is 5.95 Å². The van der Waals surface area contributed by atoms with Gasteiger partial charge in [0, 0.05) is 19.7 Å². The van der Waals surface area contributed by atoms with Crippen molar-refractivity contribution in [2.75, 3.05) is 12.4 Å². The molecule has 1 aromatic heterocycles. The normalized spacial score (nSPS) is 10.4. The second-order valence-corrected chi connectivity index (χ2v) is 4.00. The maximum atomic E-state index is 12.7. The van der Waals surface area contributed by atoms with Crippen molar-refractivity contribution in [3.63, 3.8) is 0 Å². The lowest BCUT2D eigenvalue weighted by molar-refractivity contribution is 0.181. The van der Waals surface area contributed by atoms with E-state index in [1.807, 2.05) is 0 Å². The number of nitrogens with one attached hydrogen (secondary N) is 2. The monoisotopic (exact) mass is 263 g/mol. The molecule has 19 heavy (non-hydrogen) atoms. The fourth-order valence-electron chi connectivity index (χ4n) is 1.60. The van der Waals surface area contributed by atoms with Crippen molar-refractivity contribution in [1.82, 2.24) is 9.97 Å². The van der Waals surface area contributed by atoms with Gasteiger partial charge in [-0.1, -0.05) is 12.1 Å². The third-order valence-corrected chi connectivity index (χ3v) is 2.46. The molecule has 0 aliphatic carbocycles. The molecule has 2 N–H and O–H groups in total. The third-order valence-electron chi connectivity index (χ3n) is 2.46. The highest BCUT2D eigenvalue weighted by molar-refractivity contribution is 5.28. The zero-order chi connectivity index (χ0) is 13.7. The largest absolute Gasteiger partial charge is 0.378 e. The van der Waals surface area contributed by atoms with E-state index in [9.17, 15) is 9.18 Å². The van der Waals surface area contributed by atoms with Crippen molar-refractivity contribution in [3.05, 3.63) is 57.8 Å². The maximum absolute atomic E-state index is 12.7. The van der Waals surface area contributed by atoms with E-state index >= 15 is 0 Å². The molecule has 0 bridgehead atoms. The highest BCUT2D eigenvalue weighted by Crippen LogP contribution is 2.05. The minimum Gasteiger partial charge on any atom is -0.378 e. The van der Waals surface area contributed by atoms with E-state index < -0.39 is 0 Å². The van der Waals surface area contributed by atoms with Gasteiger partial charge in [-0.05, 0) is 17.7 Å². The predicted molar refractivity (Wildman–Crippen MR) is 69.3 cm³/mol. The van der Waals surface area contributed by atoms with Gasteiger partial charge in [0.15, 0.2) is 0 Å². The first-order valence-electron chi connectivity index (χ1n) is 5.75. The van der Waals surface area contributed by atoms with E-state index in [-0.39, 0.29) is 18.0 Å². The number of hydrogen-bond donors (Lipinski definition) is 2. The Morgan fingerprint density at radius 2 is 2.11 bits per heavy atom. The number of H-pyrrole nitrogens is 1. The predicted octanol–water partition coefficient (Wildman–Crippen LogP) is 1.67. The Bertz CT molecular complexity index is 596. The highest BCUT2D eigenvalue weighted by Gasteiger charge is 2.01. The first-order valence-corrected chi connectivity index (χ1v) is 5.75. The van der Waals surface area contributed by atoms with Crippen LogP contribution in [-0.2, 0) is 17.9 Å². The van der Waals surface area contributed by atoms with Crippen LogP contribution in [0.2, 0.25) is 0 Å². The van der Waals surface area contributed by atoms with Crippen LogP contribution in [-0.4, -0.2) is 17.1 Å². The zero-order valence-electron chi connectivity index (χ0n) is 10.4. The average molecular weight is 263 g/mol. The summed E-state index contributed by atoms with van der Waals surface area (Å²) < 4.78 is 17.7. The molecule has 0 radical (unpaired) electrons. The van der Waals surface area contributed by atoms with E-state index in [1.165, 1.54) is 25.3 Å². The SMILES string of the molecule is COCc1cc(=O)[nH]c(NCc2ccc(F)cc2)n1. The molecule has 2 rings (SSSR count). The molecule has 0 amide bonds. The molecule has 0 saturated carbocycles. The first kappa shape index (κ1) is 13.2. The van der Waals surface area contributed by atoms with Crippen LogP contribution in [0.5, 0.6) is 0 Å². The molecule has 0 spiro atoms. The van der Waals surface area contributed by atoms with Crippen LogP contribution in [0.3, 0.4) is 0 Å². The number of aromatic amines is 1. The van der Waals surface area contributed by atoms with Gasteiger partial charge in [0.2, 0.25) is 5.95 Å². The zero-order valence-corrected chi connectivity index (χ0v) is 10.4. The Kier molecular flexibility index (Phi) is 4.25. The van der Waals surface area contributed by atoms with Crippen LogP contribution in [0.25, 0.3) is 0 Å². The molecule has 1 aromatic carbocycles. The molecule has 100 valence electrons. The molecule has 0 aliphatic rings. The van der Waals surface area contributed by atoms with Gasteiger partial charge in [-0.3, -0.25) is 9.78 Å². The minimum atomic E-state index is -0.280. The van der Waals surface area contributed by atoms with Crippen molar-refractivity contribution < 1.29 is 9.13 Å². The Hall–Kier alpha value is -2.21. The lowest BCUT2D eigenvalue weighted by Crippen LogP contribution is -2.14. The maximum Gasteiger partial charge on any atom is 0.252 e. The van der Waals surface area contributed by atoms with Crippen molar-refractivity contribution in [2.24, 2.45) is 0 Å². The van der Waals surface area contributed by atoms with Crippen molar-refractivity contribution in [1.29, 1.82) is 0 Å². The van der Waals surface area contributed by atoms with E-state index in [1.54, 1.807) is 12.1 Å². The van der Waals surface area contributed by atoms with E-state index in [0.29, 0.717) is 18.2 Å². The Balaban J connectivity index is 2.06. The number of nitrogens with zero attached hydrogens (tertiary/aromatic N) is 1. The summed E-state index contributed by atoms with van der Waals surface area (Å²) in [5.41, 5.74) is 1.19. The van der Waals surface area contributed by atoms with Gasteiger partial charge in [0.25, 0.3) is 5.56 Å². The third kappa shape index (κ3) is 3.89. The van der Waals surface area contributed by atoms with E-state index in [4.69, 9.17) is 4.74 Å². The Morgan fingerprint density at radius 3 is 2.79 bits per heavy atom. The van der Waals surface area contributed by atoms with Crippen LogP contribution < -0.4 is 10.9 Å². The molecule has 0 atom stereocenters. The summed E-state index contributed by atoms with van der Waals surface area (Å²) in [5, 5.41) is 2.98. The van der Waals surface area contributed by atoms with Crippen LogP contribution in [0.1, 0.15) is 11.3 Å². The number of halogens is 1. The molecule has 2 aromatic rings. The van der Waals surface area contributed by atoms with E-state index in [0.717, 1.165) is 5.56 Å². The Morgan fingerprint density at radius 1 is 1.37 bits per heavy atom. The summed E-state index contributed by atoms with van der Waals surface area (Å²) in [7, 11) is 1.54. The van der Waals surface area contributed by atoms with Crippen LogP contribution in [0, 0.1) is 5.82 Å². The molecule has 0 aliphatic heterocycles. The number of methoxy groups -OCH3 is 1. The smallest absolute Gasteiger partial charge is 0.252 e. The van der Waals surface area contributed by atoms with Gasteiger partial charge in [0.1, 0.15) is 5.82 Å². The van der Waals surface area contributed by atoms with Crippen LogP contribution in [0.4, 0.5) is 10.3 Å².